The number of nitrogens with two attached hydrogens (primary N) is 1. The van der Waals surface area contributed by atoms with Crippen molar-refractivity contribution in [1.29, 1.82) is 0 Å². The van der Waals surface area contributed by atoms with Crippen LogP contribution >= 0.6 is 7.82 Å². The van der Waals surface area contributed by atoms with Gasteiger partial charge < -0.3 is 20.1 Å². The minimum atomic E-state index is -4.40. The van der Waals surface area contributed by atoms with Crippen molar-refractivity contribution in [2.45, 2.75) is 174 Å². The summed E-state index contributed by atoms with van der Waals surface area (Å²) in [5.74, 6) is -0.891. The van der Waals surface area contributed by atoms with Gasteiger partial charge in [0.2, 0.25) is 0 Å². The van der Waals surface area contributed by atoms with Gasteiger partial charge in [0.1, 0.15) is 6.61 Å². The third-order valence-corrected chi connectivity index (χ3v) is 10.3. The molecule has 2 unspecified atom stereocenters. The average Bonchev–Trinajstić information content (AvgIpc) is 3.27. The summed E-state index contributed by atoms with van der Waals surface area (Å²) in [6, 6.07) is 0. The summed E-state index contributed by atoms with van der Waals surface area (Å²) in [5.41, 5.74) is 5.36. The van der Waals surface area contributed by atoms with Crippen LogP contribution in [0.25, 0.3) is 0 Å². The molecular formula is C53H86NO8P. The average molecular weight is 896 g/mol. The molecule has 63 heavy (non-hydrogen) atoms. The number of allylic oxidation sites excluding steroid dienone is 20. The molecule has 0 saturated heterocycles. The fraction of sp³-hybridized carbons (Fsp3) is 0.585. The summed E-state index contributed by atoms with van der Waals surface area (Å²) in [4.78, 5) is 35.0. The predicted molar refractivity (Wildman–Crippen MR) is 265 cm³/mol. The van der Waals surface area contributed by atoms with Crippen molar-refractivity contribution < 1.29 is 37.6 Å². The number of hydrogen-bond donors (Lipinski definition) is 2. The van der Waals surface area contributed by atoms with Gasteiger partial charge in [0.05, 0.1) is 13.2 Å². The summed E-state index contributed by atoms with van der Waals surface area (Å²) in [5, 5.41) is 0. The Hall–Kier alpha value is -3.59. The first-order chi connectivity index (χ1) is 30.8. The summed E-state index contributed by atoms with van der Waals surface area (Å²) in [6.07, 6.45) is 65.2. The quantitative estimate of drug-likeness (QED) is 0.0265. The van der Waals surface area contributed by atoms with Crippen LogP contribution in [0.15, 0.2) is 122 Å². The molecule has 0 bridgehead atoms. The number of unbranched alkanes of at least 4 members (excludes halogenated alkanes) is 10. The highest BCUT2D eigenvalue weighted by molar-refractivity contribution is 7.47. The fourth-order valence-corrected chi connectivity index (χ4v) is 6.63. The molecule has 2 atom stereocenters. The van der Waals surface area contributed by atoms with E-state index in [2.05, 4.69) is 135 Å². The van der Waals surface area contributed by atoms with E-state index < -0.39 is 32.5 Å². The SMILES string of the molecule is CC/C=C\C/C=C\C/C=C\C/C=C\C/C=C\C/C=C\C/C=C\CCCCCC(=O)OC(COC(=O)CCCCCCCCC/C=C\C/C=C\C/C=C\CC)COP(=O)(O)OCCN. The number of phosphoric ester groups is 1. The standard InChI is InChI=1S/C53H86NO8P/c1-3-5-7-9-11-13-15-17-19-21-22-23-24-25-26-27-28-30-32-34-36-38-40-42-44-46-53(56)62-51(50-61-63(57,58)60-48-47-54)49-59-52(55)45-43-41-39-37-35-33-31-29-20-18-16-14-12-10-8-6-4-2/h5-8,11-14,17-20,22-23,25-26,28,30,34,36,51H,3-4,9-10,15-16,21,24,27,29,31-33,35,37-50,54H2,1-2H3,(H,57,58)/b7-5-,8-6-,13-11-,14-12-,19-17-,20-18-,23-22-,26-25-,30-28-,36-34-. The second-order valence-corrected chi connectivity index (χ2v) is 16.7. The molecule has 0 aromatic rings. The van der Waals surface area contributed by atoms with E-state index in [1.165, 1.54) is 19.3 Å². The summed E-state index contributed by atoms with van der Waals surface area (Å²) >= 11 is 0. The van der Waals surface area contributed by atoms with E-state index in [0.29, 0.717) is 12.8 Å². The van der Waals surface area contributed by atoms with E-state index in [9.17, 15) is 19.0 Å². The minimum absolute atomic E-state index is 0.0386. The van der Waals surface area contributed by atoms with Gasteiger partial charge in [0, 0.05) is 19.4 Å². The zero-order chi connectivity index (χ0) is 46.0. The van der Waals surface area contributed by atoms with E-state index in [0.717, 1.165) is 109 Å². The lowest BCUT2D eigenvalue weighted by atomic mass is 10.1. The van der Waals surface area contributed by atoms with E-state index in [1.807, 2.05) is 0 Å². The van der Waals surface area contributed by atoms with Crippen molar-refractivity contribution in [1.82, 2.24) is 0 Å². The molecule has 3 N–H and O–H groups in total. The number of carbonyl (C=O) groups excluding carboxylic acids is 2. The van der Waals surface area contributed by atoms with Crippen molar-refractivity contribution in [2.24, 2.45) is 5.73 Å². The van der Waals surface area contributed by atoms with Gasteiger partial charge in [-0.1, -0.05) is 174 Å². The molecule has 0 spiro atoms. The number of esters is 2. The smallest absolute Gasteiger partial charge is 0.462 e. The first kappa shape index (κ1) is 59.4. The third-order valence-electron chi connectivity index (χ3n) is 9.34. The largest absolute Gasteiger partial charge is 0.472 e. The van der Waals surface area contributed by atoms with Crippen LogP contribution in [0.2, 0.25) is 0 Å². The molecule has 0 rings (SSSR count). The highest BCUT2D eigenvalue weighted by atomic mass is 31.2. The maximum Gasteiger partial charge on any atom is 0.472 e. The number of carbonyl (C=O) groups is 2. The Morgan fingerprint density at radius 3 is 1.24 bits per heavy atom. The number of ether oxygens (including phenoxy) is 2. The van der Waals surface area contributed by atoms with Gasteiger partial charge in [-0.05, 0) is 103 Å². The Morgan fingerprint density at radius 2 is 0.825 bits per heavy atom. The maximum absolute atomic E-state index is 12.6. The van der Waals surface area contributed by atoms with Gasteiger partial charge in [-0.3, -0.25) is 18.6 Å². The third kappa shape index (κ3) is 47.7. The zero-order valence-corrected chi connectivity index (χ0v) is 40.1. The molecule has 0 fully saturated rings. The molecular weight excluding hydrogens is 810 g/mol. The van der Waals surface area contributed by atoms with Crippen molar-refractivity contribution in [3.8, 4) is 0 Å². The number of rotatable bonds is 43. The monoisotopic (exact) mass is 896 g/mol. The van der Waals surface area contributed by atoms with Crippen LogP contribution in [0.5, 0.6) is 0 Å². The fourth-order valence-electron chi connectivity index (χ4n) is 5.86. The topological polar surface area (TPSA) is 134 Å². The molecule has 0 aromatic carbocycles. The second-order valence-electron chi connectivity index (χ2n) is 15.2. The van der Waals surface area contributed by atoms with Crippen LogP contribution in [-0.4, -0.2) is 49.3 Å². The Kier molecular flexibility index (Phi) is 45.2. The molecule has 0 aliphatic heterocycles. The van der Waals surface area contributed by atoms with Gasteiger partial charge in [-0.2, -0.15) is 0 Å². The molecule has 0 radical (unpaired) electrons. The van der Waals surface area contributed by atoms with Crippen LogP contribution in [0, 0.1) is 0 Å². The van der Waals surface area contributed by atoms with Gasteiger partial charge in [-0.15, -0.1) is 0 Å². The van der Waals surface area contributed by atoms with E-state index >= 15 is 0 Å². The van der Waals surface area contributed by atoms with E-state index in [1.54, 1.807) is 0 Å². The Bertz CT molecular complexity index is 1440. The van der Waals surface area contributed by atoms with Crippen LogP contribution in [0.1, 0.15) is 168 Å². The molecule has 0 aliphatic carbocycles. The lowest BCUT2D eigenvalue weighted by molar-refractivity contribution is -0.161. The molecule has 356 valence electrons. The molecule has 10 heteroatoms. The minimum Gasteiger partial charge on any atom is -0.462 e. The molecule has 0 saturated carbocycles. The summed E-state index contributed by atoms with van der Waals surface area (Å²) in [6.45, 7) is 3.43. The summed E-state index contributed by atoms with van der Waals surface area (Å²) < 4.78 is 32.8. The van der Waals surface area contributed by atoms with Crippen molar-refractivity contribution >= 4 is 19.8 Å². The Labute approximate surface area is 383 Å². The number of phosphoric acid groups is 1. The van der Waals surface area contributed by atoms with Gasteiger partial charge in [0.25, 0.3) is 0 Å². The molecule has 0 heterocycles. The first-order valence-electron chi connectivity index (χ1n) is 24.0. The lowest BCUT2D eigenvalue weighted by Crippen LogP contribution is -2.29. The molecule has 0 amide bonds. The molecule has 0 aliphatic rings. The van der Waals surface area contributed by atoms with E-state index in [4.69, 9.17) is 24.3 Å². The number of hydrogen-bond acceptors (Lipinski definition) is 8. The highest BCUT2D eigenvalue weighted by Crippen LogP contribution is 2.43. The maximum atomic E-state index is 12.6. The predicted octanol–water partition coefficient (Wildman–Crippen LogP) is 14.5. The van der Waals surface area contributed by atoms with Crippen LogP contribution < -0.4 is 5.73 Å². The zero-order valence-electron chi connectivity index (χ0n) is 39.3. The van der Waals surface area contributed by atoms with Crippen LogP contribution in [-0.2, 0) is 32.7 Å². The molecule has 0 aromatic heterocycles. The van der Waals surface area contributed by atoms with E-state index in [-0.39, 0.29) is 32.6 Å². The van der Waals surface area contributed by atoms with Crippen LogP contribution in [0.3, 0.4) is 0 Å². The normalized spacial score (nSPS) is 14.3. The van der Waals surface area contributed by atoms with Crippen molar-refractivity contribution in [2.75, 3.05) is 26.4 Å². The lowest BCUT2D eigenvalue weighted by Gasteiger charge is -2.19. The second kappa shape index (κ2) is 47.9. The van der Waals surface area contributed by atoms with Crippen molar-refractivity contribution in [3.05, 3.63) is 122 Å². The highest BCUT2D eigenvalue weighted by Gasteiger charge is 2.26. The Morgan fingerprint density at radius 1 is 0.476 bits per heavy atom. The first-order valence-corrected chi connectivity index (χ1v) is 25.5. The van der Waals surface area contributed by atoms with Crippen molar-refractivity contribution in [3.63, 3.8) is 0 Å². The van der Waals surface area contributed by atoms with Gasteiger partial charge in [-0.25, -0.2) is 4.57 Å². The van der Waals surface area contributed by atoms with Gasteiger partial charge >= 0.3 is 19.8 Å². The Balaban J connectivity index is 4.22. The molecule has 9 nitrogen and oxygen atoms in total. The summed E-state index contributed by atoms with van der Waals surface area (Å²) in [7, 11) is -4.40. The van der Waals surface area contributed by atoms with Gasteiger partial charge in [0.15, 0.2) is 6.10 Å². The van der Waals surface area contributed by atoms with Crippen LogP contribution in [0.4, 0.5) is 0 Å².